The van der Waals surface area contributed by atoms with Gasteiger partial charge in [-0.2, -0.15) is 4.68 Å². The molecule has 0 N–H and O–H groups in total. The van der Waals surface area contributed by atoms with Crippen molar-refractivity contribution < 1.29 is 0 Å². The lowest BCUT2D eigenvalue weighted by atomic mass is 10.2. The van der Waals surface area contributed by atoms with E-state index in [2.05, 4.69) is 15.5 Å². The highest BCUT2D eigenvalue weighted by molar-refractivity contribution is 7.98. The summed E-state index contributed by atoms with van der Waals surface area (Å²) in [4.78, 5) is 23.8. The first-order chi connectivity index (χ1) is 11.5. The molecule has 8 nitrogen and oxygen atoms in total. The van der Waals surface area contributed by atoms with Gasteiger partial charge in [0.2, 0.25) is 5.16 Å². The third-order valence-corrected chi connectivity index (χ3v) is 4.61. The lowest BCUT2D eigenvalue weighted by Crippen LogP contribution is -2.37. The SMILES string of the molecule is Cc1cccc(-n2nnnc2SCc2cc(=O)n(C)c(=O)n2C)c1. The molecule has 0 radical (unpaired) electrons. The minimum absolute atomic E-state index is 0.327. The molecular formula is C15H16N6O2S. The van der Waals surface area contributed by atoms with Gasteiger partial charge in [-0.15, -0.1) is 5.10 Å². The Balaban J connectivity index is 1.89. The fourth-order valence-electron chi connectivity index (χ4n) is 2.25. The molecule has 0 aliphatic carbocycles. The number of hydrogen-bond donors (Lipinski definition) is 0. The molecule has 0 aliphatic heterocycles. The minimum atomic E-state index is -0.351. The molecule has 0 bridgehead atoms. The first kappa shape index (κ1) is 16.2. The molecule has 0 saturated heterocycles. The van der Waals surface area contributed by atoms with Crippen molar-refractivity contribution in [3.8, 4) is 5.69 Å². The van der Waals surface area contributed by atoms with Gasteiger partial charge in [-0.05, 0) is 35.0 Å². The van der Waals surface area contributed by atoms with Crippen LogP contribution in [0, 0.1) is 6.92 Å². The van der Waals surface area contributed by atoms with Crippen LogP contribution in [0.2, 0.25) is 0 Å². The summed E-state index contributed by atoms with van der Waals surface area (Å²) >= 11 is 1.36. The highest BCUT2D eigenvalue weighted by atomic mass is 32.2. The number of aryl methyl sites for hydroxylation is 1. The first-order valence-corrected chi connectivity index (χ1v) is 8.20. The third-order valence-electron chi connectivity index (χ3n) is 3.66. The lowest BCUT2D eigenvalue weighted by Gasteiger charge is -2.09. The van der Waals surface area contributed by atoms with Gasteiger partial charge in [-0.25, -0.2) is 4.79 Å². The molecule has 0 unspecified atom stereocenters. The summed E-state index contributed by atoms with van der Waals surface area (Å²) in [5.74, 6) is 0.411. The Morgan fingerprint density at radius 3 is 2.67 bits per heavy atom. The second kappa shape index (κ2) is 6.44. The van der Waals surface area contributed by atoms with E-state index in [4.69, 9.17) is 0 Å². The Hall–Kier alpha value is -2.68. The smallest absolute Gasteiger partial charge is 0.300 e. The Kier molecular flexibility index (Phi) is 4.34. The number of benzene rings is 1. The average molecular weight is 344 g/mol. The van der Waals surface area contributed by atoms with Crippen LogP contribution in [0.3, 0.4) is 0 Å². The number of thioether (sulfide) groups is 1. The molecule has 1 aromatic carbocycles. The van der Waals surface area contributed by atoms with Crippen LogP contribution in [0.15, 0.2) is 45.1 Å². The molecule has 3 rings (SSSR count). The Morgan fingerprint density at radius 1 is 1.12 bits per heavy atom. The van der Waals surface area contributed by atoms with Crippen molar-refractivity contribution in [1.82, 2.24) is 29.3 Å². The maximum Gasteiger partial charge on any atom is 0.330 e. The monoisotopic (exact) mass is 344 g/mol. The molecule has 0 spiro atoms. The highest BCUT2D eigenvalue weighted by Crippen LogP contribution is 2.21. The maximum absolute atomic E-state index is 12.0. The fourth-order valence-corrected chi connectivity index (χ4v) is 3.16. The molecule has 0 atom stereocenters. The molecule has 2 heterocycles. The van der Waals surface area contributed by atoms with Gasteiger partial charge in [0.25, 0.3) is 5.56 Å². The van der Waals surface area contributed by atoms with E-state index in [0.717, 1.165) is 15.8 Å². The van der Waals surface area contributed by atoms with Gasteiger partial charge < -0.3 is 0 Å². The van der Waals surface area contributed by atoms with Crippen molar-refractivity contribution in [2.75, 3.05) is 0 Å². The van der Waals surface area contributed by atoms with Crippen LogP contribution in [0.25, 0.3) is 5.69 Å². The molecule has 0 saturated carbocycles. The maximum atomic E-state index is 12.0. The molecule has 2 aromatic heterocycles. The van der Waals surface area contributed by atoms with Crippen molar-refractivity contribution >= 4 is 11.8 Å². The summed E-state index contributed by atoms with van der Waals surface area (Å²) in [5, 5.41) is 12.3. The number of rotatable bonds is 4. The zero-order chi connectivity index (χ0) is 17.3. The van der Waals surface area contributed by atoms with Gasteiger partial charge in [0.1, 0.15) is 0 Å². The van der Waals surface area contributed by atoms with E-state index in [1.807, 2.05) is 31.2 Å². The van der Waals surface area contributed by atoms with Crippen LogP contribution in [0.1, 0.15) is 11.3 Å². The van der Waals surface area contributed by atoms with Crippen molar-refractivity contribution in [2.24, 2.45) is 14.1 Å². The highest BCUT2D eigenvalue weighted by Gasteiger charge is 2.12. The Labute approximate surface area is 141 Å². The predicted octanol–water partition coefficient (Wildman–Crippen LogP) is 0.660. The first-order valence-electron chi connectivity index (χ1n) is 7.21. The van der Waals surface area contributed by atoms with Gasteiger partial charge in [-0.3, -0.25) is 13.9 Å². The Morgan fingerprint density at radius 2 is 1.92 bits per heavy atom. The van der Waals surface area contributed by atoms with Crippen molar-refractivity contribution in [1.29, 1.82) is 0 Å². The molecule has 24 heavy (non-hydrogen) atoms. The number of hydrogen-bond acceptors (Lipinski definition) is 6. The van der Waals surface area contributed by atoms with E-state index in [9.17, 15) is 9.59 Å². The van der Waals surface area contributed by atoms with E-state index >= 15 is 0 Å². The van der Waals surface area contributed by atoms with Crippen LogP contribution in [-0.2, 0) is 19.8 Å². The summed E-state index contributed by atoms with van der Waals surface area (Å²) in [6.45, 7) is 2.00. The third kappa shape index (κ3) is 3.02. The molecule has 124 valence electrons. The normalized spacial score (nSPS) is 11.0. The summed E-state index contributed by atoms with van der Waals surface area (Å²) in [5.41, 5.74) is 1.91. The molecule has 0 amide bonds. The van der Waals surface area contributed by atoms with Crippen molar-refractivity contribution in [2.45, 2.75) is 17.8 Å². The Bertz CT molecular complexity index is 1000. The van der Waals surface area contributed by atoms with Crippen LogP contribution >= 0.6 is 11.8 Å². The van der Waals surface area contributed by atoms with Gasteiger partial charge in [0, 0.05) is 31.6 Å². The topological polar surface area (TPSA) is 87.6 Å². The summed E-state index contributed by atoms with van der Waals surface area (Å²) < 4.78 is 4.16. The van der Waals surface area contributed by atoms with Crippen LogP contribution in [-0.4, -0.2) is 29.3 Å². The van der Waals surface area contributed by atoms with Gasteiger partial charge in [0.15, 0.2) is 0 Å². The standard InChI is InChI=1S/C15H16N6O2S/c1-10-5-4-6-11(7-10)21-14(16-17-18-21)24-9-12-8-13(22)20(3)15(23)19(12)2/h4-8H,9H2,1-3H3. The zero-order valence-electron chi connectivity index (χ0n) is 13.5. The van der Waals surface area contributed by atoms with E-state index < -0.39 is 0 Å². The average Bonchev–Trinajstić information content (AvgIpc) is 3.03. The van der Waals surface area contributed by atoms with Crippen molar-refractivity contribution in [3.63, 3.8) is 0 Å². The van der Waals surface area contributed by atoms with E-state index in [-0.39, 0.29) is 11.2 Å². The van der Waals surface area contributed by atoms with E-state index in [1.165, 1.54) is 29.4 Å². The largest absolute Gasteiger partial charge is 0.330 e. The minimum Gasteiger partial charge on any atom is -0.300 e. The van der Waals surface area contributed by atoms with Crippen molar-refractivity contribution in [3.05, 3.63) is 62.4 Å². The van der Waals surface area contributed by atoms with Gasteiger partial charge in [0.05, 0.1) is 5.69 Å². The van der Waals surface area contributed by atoms with E-state index in [0.29, 0.717) is 16.6 Å². The molecular weight excluding hydrogens is 328 g/mol. The molecule has 0 fully saturated rings. The van der Waals surface area contributed by atoms with Crippen LogP contribution in [0.4, 0.5) is 0 Å². The van der Waals surface area contributed by atoms with Crippen LogP contribution < -0.4 is 11.2 Å². The number of aromatic nitrogens is 6. The van der Waals surface area contributed by atoms with Gasteiger partial charge >= 0.3 is 5.69 Å². The van der Waals surface area contributed by atoms with E-state index in [1.54, 1.807) is 11.7 Å². The quantitative estimate of drug-likeness (QED) is 0.646. The zero-order valence-corrected chi connectivity index (χ0v) is 14.3. The number of tetrazole rings is 1. The van der Waals surface area contributed by atoms with Crippen LogP contribution in [0.5, 0.6) is 0 Å². The molecule has 9 heteroatoms. The summed E-state index contributed by atoms with van der Waals surface area (Å²) in [7, 11) is 3.10. The van der Waals surface area contributed by atoms with Gasteiger partial charge in [-0.1, -0.05) is 23.9 Å². The lowest BCUT2D eigenvalue weighted by molar-refractivity contribution is 0.664. The molecule has 0 aliphatic rings. The fraction of sp³-hybridized carbons (Fsp3) is 0.267. The predicted molar refractivity (Wildman–Crippen MR) is 90.4 cm³/mol. The molecule has 3 aromatic rings. The summed E-state index contributed by atoms with van der Waals surface area (Å²) in [6, 6.07) is 9.28. The number of nitrogens with zero attached hydrogens (tertiary/aromatic N) is 6. The second-order valence-corrected chi connectivity index (χ2v) is 6.32. The second-order valence-electron chi connectivity index (χ2n) is 5.38. The summed E-state index contributed by atoms with van der Waals surface area (Å²) in [6.07, 6.45) is 0.